The Balaban J connectivity index is 1.51. The lowest BCUT2D eigenvalue weighted by Gasteiger charge is -2.46. The van der Waals surface area contributed by atoms with Crippen molar-refractivity contribution in [2.24, 2.45) is 11.8 Å². The predicted octanol–water partition coefficient (Wildman–Crippen LogP) is 3.60. The molecule has 0 unspecified atom stereocenters. The highest BCUT2D eigenvalue weighted by Crippen LogP contribution is 2.44. The van der Waals surface area contributed by atoms with Crippen LogP contribution in [0.2, 0.25) is 0 Å². The van der Waals surface area contributed by atoms with E-state index in [0.29, 0.717) is 5.82 Å². The third kappa shape index (κ3) is 3.09. The molecule has 1 saturated carbocycles. The SMILES string of the molecule is C[C@@H]1CN(c2cc(-n3ncc4ccc(C5(C#N)CCC5)cc43)ncn2)C[C@H](C)[C@]1(C)O. The predicted molar refractivity (Wildman–Crippen MR) is 119 cm³/mol. The fourth-order valence-corrected chi connectivity index (χ4v) is 4.90. The first-order valence-electron chi connectivity index (χ1n) is 11.0. The lowest BCUT2D eigenvalue weighted by Crippen LogP contribution is -2.55. The minimum atomic E-state index is -0.681. The molecule has 0 spiro atoms. The molecule has 7 heteroatoms. The smallest absolute Gasteiger partial charge is 0.159 e. The molecule has 7 nitrogen and oxygen atoms in total. The summed E-state index contributed by atoms with van der Waals surface area (Å²) >= 11 is 0. The van der Waals surface area contributed by atoms with Crippen LogP contribution < -0.4 is 4.90 Å². The van der Waals surface area contributed by atoms with Crippen LogP contribution in [0.1, 0.15) is 45.6 Å². The second kappa shape index (κ2) is 7.03. The van der Waals surface area contributed by atoms with Crippen molar-refractivity contribution >= 4 is 16.7 Å². The lowest BCUT2D eigenvalue weighted by molar-refractivity contribution is -0.0504. The Morgan fingerprint density at radius 1 is 1.10 bits per heavy atom. The molecule has 3 aromatic rings. The van der Waals surface area contributed by atoms with Crippen LogP contribution in [0.4, 0.5) is 5.82 Å². The highest BCUT2D eigenvalue weighted by atomic mass is 16.3. The van der Waals surface area contributed by atoms with E-state index in [0.717, 1.165) is 54.6 Å². The van der Waals surface area contributed by atoms with Gasteiger partial charge in [-0.25, -0.2) is 14.6 Å². The van der Waals surface area contributed by atoms with Crippen molar-refractivity contribution < 1.29 is 5.11 Å². The maximum Gasteiger partial charge on any atom is 0.159 e. The van der Waals surface area contributed by atoms with Gasteiger partial charge in [-0.3, -0.25) is 0 Å². The Morgan fingerprint density at radius 3 is 2.45 bits per heavy atom. The van der Waals surface area contributed by atoms with E-state index < -0.39 is 5.60 Å². The highest BCUT2D eigenvalue weighted by molar-refractivity contribution is 5.81. The monoisotopic (exact) mass is 416 g/mol. The van der Waals surface area contributed by atoms with Crippen LogP contribution in [-0.4, -0.2) is 43.5 Å². The fourth-order valence-electron chi connectivity index (χ4n) is 4.90. The van der Waals surface area contributed by atoms with Crippen molar-refractivity contribution in [1.29, 1.82) is 5.26 Å². The Labute approximate surface area is 182 Å². The molecule has 31 heavy (non-hydrogen) atoms. The number of fused-ring (bicyclic) bond motifs is 1. The first kappa shape index (κ1) is 20.0. The first-order valence-corrected chi connectivity index (χ1v) is 11.0. The lowest BCUT2D eigenvalue weighted by atomic mass is 9.65. The second-order valence-corrected chi connectivity index (χ2v) is 9.54. The van der Waals surface area contributed by atoms with E-state index in [4.69, 9.17) is 0 Å². The quantitative estimate of drug-likeness (QED) is 0.701. The van der Waals surface area contributed by atoms with E-state index in [1.165, 1.54) is 0 Å². The number of rotatable bonds is 3. The summed E-state index contributed by atoms with van der Waals surface area (Å²) < 4.78 is 1.83. The minimum Gasteiger partial charge on any atom is -0.389 e. The van der Waals surface area contributed by atoms with Crippen molar-refractivity contribution in [3.63, 3.8) is 0 Å². The zero-order valence-corrected chi connectivity index (χ0v) is 18.3. The Kier molecular flexibility index (Phi) is 4.52. The zero-order valence-electron chi connectivity index (χ0n) is 18.3. The molecule has 1 aliphatic carbocycles. The van der Waals surface area contributed by atoms with Gasteiger partial charge >= 0.3 is 0 Å². The molecule has 1 aliphatic heterocycles. The molecule has 2 aromatic heterocycles. The Bertz CT molecular complexity index is 1160. The summed E-state index contributed by atoms with van der Waals surface area (Å²) in [6.07, 6.45) is 6.33. The average Bonchev–Trinajstić information content (AvgIpc) is 3.15. The number of anilines is 1. The van der Waals surface area contributed by atoms with Crippen molar-refractivity contribution in [1.82, 2.24) is 19.7 Å². The molecule has 0 bridgehead atoms. The van der Waals surface area contributed by atoms with Crippen LogP contribution in [0.3, 0.4) is 0 Å². The van der Waals surface area contributed by atoms with Gasteiger partial charge in [0.15, 0.2) is 5.82 Å². The number of hydrogen-bond donors (Lipinski definition) is 1. The van der Waals surface area contributed by atoms with Crippen LogP contribution in [0.5, 0.6) is 0 Å². The summed E-state index contributed by atoms with van der Waals surface area (Å²) in [4.78, 5) is 11.2. The summed E-state index contributed by atoms with van der Waals surface area (Å²) in [5, 5.41) is 26.1. The first-order chi connectivity index (χ1) is 14.8. The van der Waals surface area contributed by atoms with Crippen LogP contribution in [-0.2, 0) is 5.41 Å². The summed E-state index contributed by atoms with van der Waals surface area (Å²) in [6, 6.07) is 10.7. The van der Waals surface area contributed by atoms with Gasteiger partial charge in [-0.2, -0.15) is 10.4 Å². The van der Waals surface area contributed by atoms with E-state index in [2.05, 4.69) is 52.0 Å². The van der Waals surface area contributed by atoms with Crippen LogP contribution >= 0.6 is 0 Å². The second-order valence-electron chi connectivity index (χ2n) is 9.54. The molecule has 0 amide bonds. The molecule has 3 atom stereocenters. The molecular weight excluding hydrogens is 388 g/mol. The summed E-state index contributed by atoms with van der Waals surface area (Å²) in [6.45, 7) is 7.57. The fraction of sp³-hybridized carbons (Fsp3) is 0.500. The third-order valence-electron chi connectivity index (χ3n) is 7.71. The van der Waals surface area contributed by atoms with Crippen molar-refractivity contribution in [3.05, 3.63) is 42.4 Å². The van der Waals surface area contributed by atoms with Gasteiger partial charge in [-0.15, -0.1) is 0 Å². The Hall–Kier alpha value is -2.98. The molecule has 2 aliphatic rings. The number of aromatic nitrogens is 4. The number of nitrogens with zero attached hydrogens (tertiary/aromatic N) is 6. The van der Waals surface area contributed by atoms with Crippen molar-refractivity contribution in [2.75, 3.05) is 18.0 Å². The van der Waals surface area contributed by atoms with Gasteiger partial charge in [0.25, 0.3) is 0 Å². The van der Waals surface area contributed by atoms with Crippen molar-refractivity contribution in [2.45, 2.75) is 51.0 Å². The maximum atomic E-state index is 10.7. The highest BCUT2D eigenvalue weighted by Gasteiger charge is 2.41. The zero-order chi connectivity index (χ0) is 21.8. The Morgan fingerprint density at radius 2 is 1.81 bits per heavy atom. The number of piperidine rings is 1. The van der Waals surface area contributed by atoms with E-state index in [1.807, 2.05) is 29.9 Å². The summed E-state index contributed by atoms with van der Waals surface area (Å²) in [5.41, 5.74) is 0.966. The van der Waals surface area contributed by atoms with Gasteiger partial charge < -0.3 is 10.0 Å². The van der Waals surface area contributed by atoms with Crippen LogP contribution in [0.25, 0.3) is 16.7 Å². The van der Waals surface area contributed by atoms with Gasteiger partial charge in [-0.1, -0.05) is 26.0 Å². The molecule has 3 heterocycles. The normalized spacial score (nSPS) is 27.6. The standard InChI is InChI=1S/C24H28N6O/c1-16-12-29(13-17(2)23(16,3)31)21-10-22(27-15-26-21)30-20-9-19(6-5-18(20)11-28-30)24(14-25)7-4-8-24/h5-6,9-11,15-17,31H,4,7-8,12-13H2,1-3H3/t16-,17+,23-. The van der Waals surface area contributed by atoms with E-state index in [-0.39, 0.29) is 17.3 Å². The molecule has 2 fully saturated rings. The van der Waals surface area contributed by atoms with E-state index in [9.17, 15) is 10.4 Å². The topological polar surface area (TPSA) is 90.9 Å². The molecule has 1 N–H and O–H groups in total. The number of hydrogen-bond acceptors (Lipinski definition) is 6. The number of nitriles is 1. The van der Waals surface area contributed by atoms with Gasteiger partial charge in [-0.05, 0) is 37.8 Å². The molecule has 1 saturated heterocycles. The largest absolute Gasteiger partial charge is 0.389 e. The maximum absolute atomic E-state index is 10.7. The van der Waals surface area contributed by atoms with E-state index in [1.54, 1.807) is 6.33 Å². The average molecular weight is 417 g/mol. The van der Waals surface area contributed by atoms with Gasteiger partial charge in [0.05, 0.1) is 28.8 Å². The van der Waals surface area contributed by atoms with Crippen LogP contribution in [0.15, 0.2) is 36.8 Å². The van der Waals surface area contributed by atoms with E-state index >= 15 is 0 Å². The molecule has 160 valence electrons. The number of aliphatic hydroxyl groups is 1. The summed E-state index contributed by atoms with van der Waals surface area (Å²) in [7, 11) is 0. The van der Waals surface area contributed by atoms with Crippen molar-refractivity contribution in [3.8, 4) is 11.9 Å². The third-order valence-corrected chi connectivity index (χ3v) is 7.71. The molecule has 5 rings (SSSR count). The molecular formula is C24H28N6O. The minimum absolute atomic E-state index is 0.132. The van der Waals surface area contributed by atoms with Gasteiger partial charge in [0.1, 0.15) is 12.1 Å². The van der Waals surface area contributed by atoms with Gasteiger partial charge in [0.2, 0.25) is 0 Å². The molecule has 1 aromatic carbocycles. The summed E-state index contributed by atoms with van der Waals surface area (Å²) in [5.74, 6) is 1.81. The van der Waals surface area contributed by atoms with Crippen LogP contribution in [0, 0.1) is 23.2 Å². The number of benzene rings is 1. The van der Waals surface area contributed by atoms with Gasteiger partial charge in [0, 0.05) is 36.4 Å². The molecule has 0 radical (unpaired) electrons.